The van der Waals surface area contributed by atoms with Gasteiger partial charge in [0.15, 0.2) is 0 Å². The van der Waals surface area contributed by atoms with Crippen molar-refractivity contribution < 1.29 is 27.5 Å². The zero-order valence-electron chi connectivity index (χ0n) is 18.1. The second-order valence-electron chi connectivity index (χ2n) is 9.00. The van der Waals surface area contributed by atoms with Crippen molar-refractivity contribution >= 4 is 18.1 Å². The van der Waals surface area contributed by atoms with Gasteiger partial charge in [0.1, 0.15) is 11.9 Å². The molecule has 1 aromatic carbocycles. The number of nitrogens with zero attached hydrogens (tertiary/aromatic N) is 3. The van der Waals surface area contributed by atoms with Gasteiger partial charge < -0.3 is 9.30 Å². The summed E-state index contributed by atoms with van der Waals surface area (Å²) in [6.45, 7) is 5.51. The summed E-state index contributed by atoms with van der Waals surface area (Å²) in [5.41, 5.74) is 1.76. The van der Waals surface area contributed by atoms with Gasteiger partial charge in [-0.3, -0.25) is 4.79 Å². The van der Waals surface area contributed by atoms with Crippen molar-refractivity contribution in [2.24, 2.45) is 0 Å². The molecule has 32 heavy (non-hydrogen) atoms. The van der Waals surface area contributed by atoms with Crippen LogP contribution in [0.2, 0.25) is 0 Å². The Morgan fingerprint density at radius 2 is 1.91 bits per heavy atom. The second-order valence-corrected chi connectivity index (χ2v) is 9.00. The van der Waals surface area contributed by atoms with E-state index in [0.717, 1.165) is 16.7 Å². The van der Waals surface area contributed by atoms with Gasteiger partial charge in [0.05, 0.1) is 22.6 Å². The maximum absolute atomic E-state index is 13.0. The number of carbonyl (C=O) groups excluding carboxylic acids is 2. The minimum absolute atomic E-state index is 0.293. The standard InChI is InChI=1S/C23H24F3N3O3/c1-22(2,3)32-21(31)28-10-4-5-15(20(28)30)12-17-19-8-6-14-11-16(23(24,25)26)7-9-18(14)29(19)13-27-17/h7,9,11-13H,4-6,8,10H2,1-3H3/b15-12+. The van der Waals surface area contributed by atoms with Gasteiger partial charge in [0.2, 0.25) is 0 Å². The van der Waals surface area contributed by atoms with Crippen LogP contribution in [0, 0.1) is 0 Å². The Balaban J connectivity index is 1.61. The molecule has 1 saturated heterocycles. The molecule has 0 radical (unpaired) electrons. The zero-order chi connectivity index (χ0) is 23.3. The lowest BCUT2D eigenvalue weighted by Crippen LogP contribution is -2.44. The van der Waals surface area contributed by atoms with Crippen molar-refractivity contribution in [1.29, 1.82) is 0 Å². The summed E-state index contributed by atoms with van der Waals surface area (Å²) >= 11 is 0. The van der Waals surface area contributed by atoms with Crippen LogP contribution >= 0.6 is 0 Å². The number of benzene rings is 1. The van der Waals surface area contributed by atoms with E-state index >= 15 is 0 Å². The summed E-state index contributed by atoms with van der Waals surface area (Å²) in [4.78, 5) is 30.8. The maximum atomic E-state index is 13.0. The predicted molar refractivity (Wildman–Crippen MR) is 111 cm³/mol. The molecule has 0 spiro atoms. The number of amides is 2. The van der Waals surface area contributed by atoms with Gasteiger partial charge in [0, 0.05) is 12.1 Å². The summed E-state index contributed by atoms with van der Waals surface area (Å²) in [7, 11) is 0. The van der Waals surface area contributed by atoms with E-state index in [1.165, 1.54) is 12.1 Å². The third kappa shape index (κ3) is 4.28. The van der Waals surface area contributed by atoms with Gasteiger partial charge in [-0.15, -0.1) is 0 Å². The molecule has 2 aromatic rings. The second kappa shape index (κ2) is 7.79. The minimum Gasteiger partial charge on any atom is -0.443 e. The molecule has 0 atom stereocenters. The number of hydrogen-bond donors (Lipinski definition) is 0. The van der Waals surface area contributed by atoms with Crippen LogP contribution in [0.25, 0.3) is 11.8 Å². The van der Waals surface area contributed by atoms with Crippen molar-refractivity contribution in [1.82, 2.24) is 14.5 Å². The summed E-state index contributed by atoms with van der Waals surface area (Å²) in [5.74, 6) is -0.404. The number of ether oxygens (including phenoxy) is 1. The third-order valence-electron chi connectivity index (χ3n) is 5.47. The summed E-state index contributed by atoms with van der Waals surface area (Å²) in [5, 5.41) is 0. The van der Waals surface area contributed by atoms with Crippen LogP contribution in [0.4, 0.5) is 18.0 Å². The molecular formula is C23H24F3N3O3. The van der Waals surface area contributed by atoms with Gasteiger partial charge in [-0.05, 0) is 76.3 Å². The smallest absolute Gasteiger partial charge is 0.417 e. The van der Waals surface area contributed by atoms with Gasteiger partial charge in [-0.2, -0.15) is 13.2 Å². The van der Waals surface area contributed by atoms with Crippen molar-refractivity contribution in [3.05, 3.63) is 52.6 Å². The first-order valence-electron chi connectivity index (χ1n) is 10.5. The van der Waals surface area contributed by atoms with Crippen LogP contribution in [0.5, 0.6) is 0 Å². The number of rotatable bonds is 1. The zero-order valence-corrected chi connectivity index (χ0v) is 18.1. The molecular weight excluding hydrogens is 423 g/mol. The number of fused-ring (bicyclic) bond motifs is 3. The fraction of sp³-hybridized carbons (Fsp3) is 0.435. The first kappa shape index (κ1) is 22.1. The fourth-order valence-electron chi connectivity index (χ4n) is 4.01. The number of alkyl halides is 3. The Bertz CT molecular complexity index is 1110. The third-order valence-corrected chi connectivity index (χ3v) is 5.47. The average molecular weight is 447 g/mol. The summed E-state index contributed by atoms with van der Waals surface area (Å²) in [6.07, 6.45) is 0.254. The highest BCUT2D eigenvalue weighted by Gasteiger charge is 2.33. The topological polar surface area (TPSA) is 64.4 Å². The van der Waals surface area contributed by atoms with Crippen LogP contribution in [-0.2, 0) is 28.5 Å². The van der Waals surface area contributed by atoms with Crippen molar-refractivity contribution in [3.8, 4) is 5.69 Å². The van der Waals surface area contributed by atoms with Crippen LogP contribution in [0.3, 0.4) is 0 Å². The average Bonchev–Trinajstić information content (AvgIpc) is 3.10. The van der Waals surface area contributed by atoms with E-state index in [0.29, 0.717) is 54.7 Å². The van der Waals surface area contributed by atoms with E-state index in [1.54, 1.807) is 37.7 Å². The quantitative estimate of drug-likeness (QED) is 0.582. The molecule has 0 unspecified atom stereocenters. The fourth-order valence-corrected chi connectivity index (χ4v) is 4.01. The van der Waals surface area contributed by atoms with E-state index in [2.05, 4.69) is 4.98 Å². The number of aryl methyl sites for hydroxylation is 1. The first-order chi connectivity index (χ1) is 14.9. The van der Waals surface area contributed by atoms with E-state index in [-0.39, 0.29) is 0 Å². The van der Waals surface area contributed by atoms with E-state index in [4.69, 9.17) is 4.74 Å². The number of aromatic nitrogens is 2. The number of likely N-dealkylation sites (tertiary alicyclic amines) is 1. The molecule has 9 heteroatoms. The number of carbonyl (C=O) groups is 2. The molecule has 6 nitrogen and oxygen atoms in total. The van der Waals surface area contributed by atoms with Crippen molar-refractivity contribution in [2.75, 3.05) is 6.54 Å². The summed E-state index contributed by atoms with van der Waals surface area (Å²) in [6, 6.07) is 3.70. The molecule has 0 saturated carbocycles. The molecule has 0 aliphatic carbocycles. The van der Waals surface area contributed by atoms with Crippen LogP contribution in [0.1, 0.15) is 56.1 Å². The van der Waals surface area contributed by atoms with E-state index < -0.39 is 29.3 Å². The molecule has 1 aromatic heterocycles. The number of imide groups is 1. The normalized spacial score (nSPS) is 17.9. The molecule has 170 valence electrons. The van der Waals surface area contributed by atoms with E-state index in [9.17, 15) is 22.8 Å². The minimum atomic E-state index is -4.39. The SMILES string of the molecule is CC(C)(C)OC(=O)N1CCC/C(=C\c2ncn3c2CCc2cc(C(F)(F)F)ccc2-3)C1=O. The Kier molecular flexibility index (Phi) is 5.38. The Hall–Kier alpha value is -3.10. The molecule has 2 amide bonds. The lowest BCUT2D eigenvalue weighted by molar-refractivity contribution is -0.137. The van der Waals surface area contributed by atoms with Gasteiger partial charge in [-0.1, -0.05) is 0 Å². The first-order valence-corrected chi connectivity index (χ1v) is 10.5. The van der Waals surface area contributed by atoms with Gasteiger partial charge in [0.25, 0.3) is 5.91 Å². The van der Waals surface area contributed by atoms with Crippen molar-refractivity contribution in [2.45, 2.75) is 58.2 Å². The number of halogens is 3. The highest BCUT2D eigenvalue weighted by atomic mass is 19.4. The van der Waals surface area contributed by atoms with Gasteiger partial charge >= 0.3 is 12.3 Å². The monoisotopic (exact) mass is 447 g/mol. The molecule has 0 N–H and O–H groups in total. The van der Waals surface area contributed by atoms with Gasteiger partial charge in [-0.25, -0.2) is 14.7 Å². The molecule has 2 aliphatic rings. The summed E-state index contributed by atoms with van der Waals surface area (Å²) < 4.78 is 46.2. The maximum Gasteiger partial charge on any atom is 0.417 e. The Labute approximate surface area is 183 Å². The van der Waals surface area contributed by atoms with Crippen molar-refractivity contribution in [3.63, 3.8) is 0 Å². The molecule has 4 rings (SSSR count). The number of piperidine rings is 1. The highest BCUT2D eigenvalue weighted by Crippen LogP contribution is 2.34. The largest absolute Gasteiger partial charge is 0.443 e. The van der Waals surface area contributed by atoms with Crippen LogP contribution in [-0.4, -0.2) is 38.6 Å². The van der Waals surface area contributed by atoms with Crippen LogP contribution < -0.4 is 0 Å². The highest BCUT2D eigenvalue weighted by molar-refractivity contribution is 6.05. The number of imidazole rings is 1. The Morgan fingerprint density at radius 1 is 1.16 bits per heavy atom. The molecule has 3 heterocycles. The molecule has 2 aliphatic heterocycles. The Morgan fingerprint density at radius 3 is 2.59 bits per heavy atom. The number of hydrogen-bond acceptors (Lipinski definition) is 4. The van der Waals surface area contributed by atoms with Crippen LogP contribution in [0.15, 0.2) is 30.1 Å². The predicted octanol–water partition coefficient (Wildman–Crippen LogP) is 4.93. The molecule has 0 bridgehead atoms. The lowest BCUT2D eigenvalue weighted by atomic mass is 9.97. The van der Waals surface area contributed by atoms with E-state index in [1.807, 2.05) is 0 Å². The lowest BCUT2D eigenvalue weighted by Gasteiger charge is -2.29. The molecule has 1 fully saturated rings.